The molecule has 4 heteroatoms. The molecule has 0 saturated heterocycles. The Bertz CT molecular complexity index is 334. The molecule has 0 aromatic heterocycles. The van der Waals surface area contributed by atoms with Gasteiger partial charge in [0.2, 0.25) is 0 Å². The molecule has 0 radical (unpaired) electrons. The van der Waals surface area contributed by atoms with Crippen LogP contribution in [0.3, 0.4) is 0 Å². The standard InChI is InChI=1S/C14H18Si.2ClH.Zr/c1-3-15(4-2,13-9-5-6-10-13)14-11-7-8-12-14;;;/h5,7,9,11H,3-4,6,8H2,1-2H3;2*1H;/q-2;;;+4/p-2. The SMILES string of the molecule is CC[Si](CC)(C1=[C-]CC=C1)C1=[C-]CC=C1.[Cl-].[Cl-].[Zr+4]. The summed E-state index contributed by atoms with van der Waals surface area (Å²) < 4.78 is 0. The van der Waals surface area contributed by atoms with Gasteiger partial charge in [0, 0.05) is 8.07 Å². The van der Waals surface area contributed by atoms with Crippen molar-refractivity contribution in [1.29, 1.82) is 0 Å². The second-order valence-corrected chi connectivity index (χ2v) is 8.84. The molecule has 0 aliphatic heterocycles. The van der Waals surface area contributed by atoms with Gasteiger partial charge in [0.25, 0.3) is 0 Å². The molecule has 0 fully saturated rings. The molecule has 0 spiro atoms. The van der Waals surface area contributed by atoms with E-state index in [0.717, 1.165) is 12.8 Å². The summed E-state index contributed by atoms with van der Waals surface area (Å²) in [5.74, 6) is 0. The van der Waals surface area contributed by atoms with Gasteiger partial charge >= 0.3 is 26.2 Å². The first-order chi connectivity index (χ1) is 7.33. The topological polar surface area (TPSA) is 0 Å². The van der Waals surface area contributed by atoms with E-state index in [-0.39, 0.29) is 51.0 Å². The molecular weight excluding hydrogens is 358 g/mol. The van der Waals surface area contributed by atoms with E-state index in [0.29, 0.717) is 0 Å². The molecule has 0 aromatic carbocycles. The average Bonchev–Trinajstić information content (AvgIpc) is 2.92. The van der Waals surface area contributed by atoms with Crippen LogP contribution in [-0.2, 0) is 26.2 Å². The maximum Gasteiger partial charge on any atom is 4.00 e. The van der Waals surface area contributed by atoms with Crippen LogP contribution in [0.15, 0.2) is 34.7 Å². The van der Waals surface area contributed by atoms with Crippen molar-refractivity contribution in [2.24, 2.45) is 0 Å². The molecule has 0 bridgehead atoms. The summed E-state index contributed by atoms with van der Waals surface area (Å²) in [6.45, 7) is 4.66. The Morgan fingerprint density at radius 3 is 1.56 bits per heavy atom. The van der Waals surface area contributed by atoms with Crippen LogP contribution in [-0.4, -0.2) is 8.07 Å². The predicted molar refractivity (Wildman–Crippen MR) is 67.7 cm³/mol. The number of allylic oxidation sites excluding steroid dienone is 8. The number of hydrogen-bond acceptors (Lipinski definition) is 0. The van der Waals surface area contributed by atoms with Crippen molar-refractivity contribution in [2.45, 2.75) is 38.8 Å². The Balaban J connectivity index is 0. The van der Waals surface area contributed by atoms with E-state index in [9.17, 15) is 0 Å². The summed E-state index contributed by atoms with van der Waals surface area (Å²) in [4.78, 5) is 0. The van der Waals surface area contributed by atoms with Crippen molar-refractivity contribution in [3.63, 3.8) is 0 Å². The van der Waals surface area contributed by atoms with E-state index >= 15 is 0 Å². The monoisotopic (exact) mass is 374 g/mol. The smallest absolute Gasteiger partial charge is 1.00 e. The summed E-state index contributed by atoms with van der Waals surface area (Å²) in [7, 11) is -1.44. The first-order valence-corrected chi connectivity index (χ1v) is 8.30. The average molecular weight is 377 g/mol. The quantitative estimate of drug-likeness (QED) is 0.391. The van der Waals surface area contributed by atoms with E-state index in [1.807, 2.05) is 0 Å². The molecule has 0 nitrogen and oxygen atoms in total. The van der Waals surface area contributed by atoms with Crippen LogP contribution < -0.4 is 24.8 Å². The van der Waals surface area contributed by atoms with Crippen molar-refractivity contribution in [1.82, 2.24) is 0 Å². The molecule has 0 heterocycles. The van der Waals surface area contributed by atoms with Crippen LogP contribution in [0.5, 0.6) is 0 Å². The van der Waals surface area contributed by atoms with Crippen LogP contribution in [0.1, 0.15) is 26.7 Å². The first-order valence-electron chi connectivity index (χ1n) is 5.89. The van der Waals surface area contributed by atoms with Gasteiger partial charge in [-0.3, -0.25) is 12.2 Å². The van der Waals surface area contributed by atoms with Gasteiger partial charge in [-0.2, -0.15) is 12.2 Å². The summed E-state index contributed by atoms with van der Waals surface area (Å²) in [5, 5.41) is 3.03. The van der Waals surface area contributed by atoms with Crippen LogP contribution in [0.4, 0.5) is 0 Å². The van der Waals surface area contributed by atoms with Gasteiger partial charge in [0.15, 0.2) is 0 Å². The van der Waals surface area contributed by atoms with Crippen molar-refractivity contribution >= 4 is 8.07 Å². The molecule has 0 saturated carbocycles. The van der Waals surface area contributed by atoms with Crippen molar-refractivity contribution in [3.8, 4) is 0 Å². The van der Waals surface area contributed by atoms with Crippen molar-refractivity contribution in [3.05, 3.63) is 46.8 Å². The molecule has 96 valence electrons. The maximum absolute atomic E-state index is 3.55. The summed E-state index contributed by atoms with van der Waals surface area (Å²) in [6, 6.07) is 2.56. The van der Waals surface area contributed by atoms with Crippen LogP contribution in [0.25, 0.3) is 0 Å². The molecule has 2 rings (SSSR count). The zero-order valence-electron chi connectivity index (χ0n) is 10.9. The minimum atomic E-state index is -1.44. The Morgan fingerprint density at radius 1 is 0.944 bits per heavy atom. The molecule has 18 heavy (non-hydrogen) atoms. The molecule has 0 amide bonds. The zero-order valence-corrected chi connectivity index (χ0v) is 15.9. The summed E-state index contributed by atoms with van der Waals surface area (Å²) >= 11 is 0. The maximum atomic E-state index is 3.55. The number of halogens is 2. The van der Waals surface area contributed by atoms with E-state index < -0.39 is 8.07 Å². The zero-order chi connectivity index (χ0) is 10.7. The molecular formula is C14H18Cl2SiZr. The summed E-state index contributed by atoms with van der Waals surface area (Å²) in [6.07, 6.45) is 18.2. The minimum absolute atomic E-state index is 0. The van der Waals surface area contributed by atoms with Crippen molar-refractivity contribution in [2.75, 3.05) is 0 Å². The molecule has 0 atom stereocenters. The van der Waals surface area contributed by atoms with Gasteiger partial charge in [-0.25, -0.2) is 22.5 Å². The Morgan fingerprint density at radius 2 is 1.33 bits per heavy atom. The molecule has 2 aliphatic rings. The molecule has 2 aliphatic carbocycles. The second-order valence-electron chi connectivity index (χ2n) is 4.18. The van der Waals surface area contributed by atoms with Crippen molar-refractivity contribution < 1.29 is 51.0 Å². The molecule has 0 aromatic rings. The minimum Gasteiger partial charge on any atom is -1.00 e. The largest absolute Gasteiger partial charge is 4.00 e. The Hall–Kier alpha value is 0.640. The van der Waals surface area contributed by atoms with E-state index in [1.165, 1.54) is 22.5 Å². The number of rotatable bonds is 4. The Kier molecular flexibility index (Phi) is 11.1. The third-order valence-electron chi connectivity index (χ3n) is 3.63. The van der Waals surface area contributed by atoms with E-state index in [4.69, 9.17) is 0 Å². The van der Waals surface area contributed by atoms with Crippen LogP contribution >= 0.6 is 0 Å². The Labute approximate surface area is 144 Å². The van der Waals surface area contributed by atoms with Gasteiger partial charge in [-0.15, -0.1) is 12.8 Å². The second kappa shape index (κ2) is 9.53. The third-order valence-corrected chi connectivity index (χ3v) is 8.79. The van der Waals surface area contributed by atoms with Gasteiger partial charge in [0.05, 0.1) is 0 Å². The van der Waals surface area contributed by atoms with Gasteiger partial charge in [-0.05, 0) is 0 Å². The van der Waals surface area contributed by atoms with Gasteiger partial charge in [-0.1, -0.05) is 25.9 Å². The van der Waals surface area contributed by atoms with Crippen LogP contribution in [0, 0.1) is 12.2 Å². The van der Waals surface area contributed by atoms with E-state index in [2.05, 4.69) is 50.3 Å². The summed E-state index contributed by atoms with van der Waals surface area (Å²) in [5.41, 5.74) is 0. The molecule has 0 unspecified atom stereocenters. The third kappa shape index (κ3) is 3.82. The molecule has 0 N–H and O–H groups in total. The van der Waals surface area contributed by atoms with Crippen LogP contribution in [0.2, 0.25) is 12.1 Å². The first kappa shape index (κ1) is 20.9. The fourth-order valence-corrected chi connectivity index (χ4v) is 6.69. The van der Waals surface area contributed by atoms with Gasteiger partial charge < -0.3 is 24.8 Å². The van der Waals surface area contributed by atoms with E-state index in [1.54, 1.807) is 0 Å². The van der Waals surface area contributed by atoms with Gasteiger partial charge in [0.1, 0.15) is 0 Å². The fraction of sp³-hybridized carbons (Fsp3) is 0.429. The fourth-order valence-electron chi connectivity index (χ4n) is 2.62. The number of hydrogen-bond donors (Lipinski definition) is 0. The predicted octanol–water partition coefficient (Wildman–Crippen LogP) is -2.06. The normalized spacial score (nSPS) is 16.3.